The molecule has 2 atom stereocenters. The molecule has 1 aromatic heterocycles. The van der Waals surface area contributed by atoms with Crippen molar-refractivity contribution in [1.29, 1.82) is 0 Å². The molecule has 1 aliphatic carbocycles. The maximum Gasteiger partial charge on any atom is 0.0556 e. The van der Waals surface area contributed by atoms with Gasteiger partial charge in [-0.15, -0.1) is 11.3 Å². The first kappa shape index (κ1) is 15.0. The summed E-state index contributed by atoms with van der Waals surface area (Å²) < 4.78 is 0. The van der Waals surface area contributed by atoms with E-state index in [0.29, 0.717) is 6.04 Å². The fraction of sp³-hybridized carbons (Fsp3) is 0.750. The minimum atomic E-state index is 0.337. The van der Waals surface area contributed by atoms with Gasteiger partial charge < -0.3 is 0 Å². The van der Waals surface area contributed by atoms with Gasteiger partial charge >= 0.3 is 0 Å². The predicted octanol–water partition coefficient (Wildman–Crippen LogP) is 4.20. The van der Waals surface area contributed by atoms with Crippen LogP contribution in [0.1, 0.15) is 67.8 Å². The van der Waals surface area contributed by atoms with Crippen LogP contribution in [0.3, 0.4) is 0 Å². The lowest BCUT2D eigenvalue weighted by Gasteiger charge is -2.20. The number of aryl methyl sites for hydroxylation is 2. The van der Waals surface area contributed by atoms with Crippen molar-refractivity contribution < 1.29 is 0 Å². The van der Waals surface area contributed by atoms with E-state index in [9.17, 15) is 0 Å². The number of hydrogen-bond donors (Lipinski definition) is 2. The lowest BCUT2D eigenvalue weighted by atomic mass is 9.92. The highest BCUT2D eigenvalue weighted by Crippen LogP contribution is 2.35. The maximum atomic E-state index is 5.80. The van der Waals surface area contributed by atoms with E-state index in [4.69, 9.17) is 5.84 Å². The van der Waals surface area contributed by atoms with Crippen molar-refractivity contribution in [2.45, 2.75) is 65.3 Å². The molecule has 0 aliphatic heterocycles. The highest BCUT2D eigenvalue weighted by Gasteiger charge is 2.20. The molecule has 0 saturated carbocycles. The number of hydrazine groups is 1. The molecule has 1 aromatic rings. The monoisotopic (exact) mass is 280 g/mol. The Bertz CT molecular complexity index is 374. The van der Waals surface area contributed by atoms with Gasteiger partial charge in [0.05, 0.1) is 6.04 Å². The minimum absolute atomic E-state index is 0.337. The molecule has 3 N–H and O–H groups in total. The van der Waals surface area contributed by atoms with Gasteiger partial charge in [0.15, 0.2) is 0 Å². The Hall–Kier alpha value is -0.380. The van der Waals surface area contributed by atoms with E-state index in [0.717, 1.165) is 18.3 Å². The summed E-state index contributed by atoms with van der Waals surface area (Å²) in [7, 11) is 0. The predicted molar refractivity (Wildman–Crippen MR) is 84.3 cm³/mol. The Kier molecular flexibility index (Phi) is 5.43. The SMILES string of the molecule is CC(C)CC(C)CC(NN)c1cc2c(s1)CCCC2. The molecule has 2 nitrogen and oxygen atoms in total. The molecule has 108 valence electrons. The van der Waals surface area contributed by atoms with Crippen LogP contribution in [0.25, 0.3) is 0 Å². The van der Waals surface area contributed by atoms with Crippen LogP contribution in [0.15, 0.2) is 6.07 Å². The summed E-state index contributed by atoms with van der Waals surface area (Å²) in [6, 6.07) is 2.75. The number of nitrogens with two attached hydrogens (primary N) is 1. The summed E-state index contributed by atoms with van der Waals surface area (Å²) in [5.41, 5.74) is 4.63. The molecule has 0 aromatic carbocycles. The Morgan fingerprint density at radius 2 is 1.95 bits per heavy atom. The van der Waals surface area contributed by atoms with Gasteiger partial charge in [-0.05, 0) is 62.0 Å². The first-order chi connectivity index (χ1) is 9.10. The van der Waals surface area contributed by atoms with E-state index in [2.05, 4.69) is 32.3 Å². The van der Waals surface area contributed by atoms with Crippen molar-refractivity contribution in [3.63, 3.8) is 0 Å². The second kappa shape index (κ2) is 6.87. The quantitative estimate of drug-likeness (QED) is 0.605. The van der Waals surface area contributed by atoms with Gasteiger partial charge in [0.2, 0.25) is 0 Å². The number of hydrogen-bond acceptors (Lipinski definition) is 3. The van der Waals surface area contributed by atoms with Crippen molar-refractivity contribution in [3.8, 4) is 0 Å². The minimum Gasteiger partial charge on any atom is -0.271 e. The lowest BCUT2D eigenvalue weighted by Crippen LogP contribution is -2.29. The van der Waals surface area contributed by atoms with Crippen LogP contribution < -0.4 is 11.3 Å². The lowest BCUT2D eigenvalue weighted by molar-refractivity contribution is 0.361. The first-order valence-corrected chi connectivity index (χ1v) is 8.49. The molecule has 0 spiro atoms. The van der Waals surface area contributed by atoms with Crippen molar-refractivity contribution in [1.82, 2.24) is 5.43 Å². The van der Waals surface area contributed by atoms with Crippen LogP contribution in [0, 0.1) is 11.8 Å². The molecular weight excluding hydrogens is 252 g/mol. The van der Waals surface area contributed by atoms with E-state index in [-0.39, 0.29) is 0 Å². The van der Waals surface area contributed by atoms with Gasteiger partial charge in [-0.2, -0.15) is 0 Å². The molecule has 0 saturated heterocycles. The summed E-state index contributed by atoms with van der Waals surface area (Å²) >= 11 is 1.99. The molecule has 3 heteroatoms. The fourth-order valence-electron chi connectivity index (χ4n) is 3.26. The Balaban J connectivity index is 2.02. The van der Waals surface area contributed by atoms with Crippen LogP contribution in [0.4, 0.5) is 0 Å². The summed E-state index contributed by atoms with van der Waals surface area (Å²) in [5, 5.41) is 0. The number of rotatable bonds is 6. The second-order valence-electron chi connectivity index (χ2n) is 6.49. The molecule has 1 aliphatic rings. The number of nitrogens with one attached hydrogen (secondary N) is 1. The molecule has 0 amide bonds. The van der Waals surface area contributed by atoms with Crippen LogP contribution in [0.5, 0.6) is 0 Å². The highest BCUT2D eigenvalue weighted by molar-refractivity contribution is 7.12. The first-order valence-electron chi connectivity index (χ1n) is 7.67. The van der Waals surface area contributed by atoms with Crippen LogP contribution in [-0.4, -0.2) is 0 Å². The molecule has 0 fully saturated rings. The van der Waals surface area contributed by atoms with E-state index in [1.165, 1.54) is 37.0 Å². The van der Waals surface area contributed by atoms with Gasteiger partial charge in [-0.25, -0.2) is 0 Å². The summed E-state index contributed by atoms with van der Waals surface area (Å²) in [6.07, 6.45) is 7.69. The highest BCUT2D eigenvalue weighted by atomic mass is 32.1. The molecule has 2 rings (SSSR count). The van der Waals surface area contributed by atoms with Gasteiger partial charge in [0.25, 0.3) is 0 Å². The van der Waals surface area contributed by atoms with Gasteiger partial charge in [0, 0.05) is 9.75 Å². The molecule has 0 radical (unpaired) electrons. The third-order valence-corrected chi connectivity index (χ3v) is 5.42. The average molecular weight is 280 g/mol. The summed E-state index contributed by atoms with van der Waals surface area (Å²) in [5.74, 6) is 7.29. The number of fused-ring (bicyclic) bond motifs is 1. The summed E-state index contributed by atoms with van der Waals surface area (Å²) in [6.45, 7) is 6.94. The largest absolute Gasteiger partial charge is 0.271 e. The van der Waals surface area contributed by atoms with Crippen LogP contribution in [0.2, 0.25) is 0 Å². The molecule has 1 heterocycles. The van der Waals surface area contributed by atoms with E-state index in [1.807, 2.05) is 11.3 Å². The third-order valence-electron chi connectivity index (χ3n) is 4.07. The van der Waals surface area contributed by atoms with Crippen molar-refractivity contribution >= 4 is 11.3 Å². The van der Waals surface area contributed by atoms with Gasteiger partial charge in [-0.3, -0.25) is 11.3 Å². The fourth-order valence-corrected chi connectivity index (χ4v) is 4.59. The van der Waals surface area contributed by atoms with Crippen LogP contribution >= 0.6 is 11.3 Å². The molecule has 0 bridgehead atoms. The third kappa shape index (κ3) is 4.04. The van der Waals surface area contributed by atoms with Crippen LogP contribution in [-0.2, 0) is 12.8 Å². The van der Waals surface area contributed by atoms with Crippen molar-refractivity contribution in [3.05, 3.63) is 21.4 Å². The standard InChI is InChI=1S/C16H28N2S/c1-11(2)8-12(3)9-14(18-17)16-10-13-6-4-5-7-15(13)19-16/h10-12,14,18H,4-9,17H2,1-3H3. The number of thiophene rings is 1. The summed E-state index contributed by atoms with van der Waals surface area (Å²) in [4.78, 5) is 3.06. The maximum absolute atomic E-state index is 5.80. The van der Waals surface area contributed by atoms with Crippen molar-refractivity contribution in [2.24, 2.45) is 17.7 Å². The Morgan fingerprint density at radius 3 is 2.58 bits per heavy atom. The zero-order valence-electron chi connectivity index (χ0n) is 12.5. The normalized spacial score (nSPS) is 18.4. The van der Waals surface area contributed by atoms with E-state index < -0.39 is 0 Å². The van der Waals surface area contributed by atoms with Gasteiger partial charge in [-0.1, -0.05) is 20.8 Å². The Morgan fingerprint density at radius 1 is 1.21 bits per heavy atom. The topological polar surface area (TPSA) is 38.0 Å². The van der Waals surface area contributed by atoms with E-state index in [1.54, 1.807) is 10.4 Å². The smallest absolute Gasteiger partial charge is 0.0556 e. The molecule has 2 unspecified atom stereocenters. The molecular formula is C16H28N2S. The van der Waals surface area contributed by atoms with Crippen molar-refractivity contribution in [2.75, 3.05) is 0 Å². The Labute approximate surface area is 121 Å². The zero-order chi connectivity index (χ0) is 13.8. The van der Waals surface area contributed by atoms with Gasteiger partial charge in [0.1, 0.15) is 0 Å². The average Bonchev–Trinajstić information content (AvgIpc) is 2.78. The zero-order valence-corrected chi connectivity index (χ0v) is 13.4. The molecule has 19 heavy (non-hydrogen) atoms. The van der Waals surface area contributed by atoms with E-state index >= 15 is 0 Å². The second-order valence-corrected chi connectivity index (χ2v) is 7.66.